The van der Waals surface area contributed by atoms with E-state index in [2.05, 4.69) is 5.32 Å². The molecule has 1 aliphatic heterocycles. The van der Waals surface area contributed by atoms with Crippen molar-refractivity contribution >= 4 is 17.7 Å². The van der Waals surface area contributed by atoms with Gasteiger partial charge in [0, 0.05) is 6.04 Å². The van der Waals surface area contributed by atoms with Crippen LogP contribution in [0.5, 0.6) is 0 Å². The van der Waals surface area contributed by atoms with Gasteiger partial charge in [-0.05, 0) is 24.3 Å². The van der Waals surface area contributed by atoms with Crippen molar-refractivity contribution in [2.45, 2.75) is 18.9 Å². The monoisotopic (exact) mass is 175 g/mol. The Labute approximate surface area is 70.6 Å². The lowest BCUT2D eigenvalue weighted by Crippen LogP contribution is -2.36. The van der Waals surface area contributed by atoms with E-state index >= 15 is 0 Å². The normalized spacial score (nSPS) is 20.0. The lowest BCUT2D eigenvalue weighted by molar-refractivity contribution is -0.136. The number of carboxylic acid groups (broad SMARTS) is 1. The van der Waals surface area contributed by atoms with Crippen molar-refractivity contribution in [3.63, 3.8) is 0 Å². The number of aliphatic carboxylic acids is 1. The van der Waals surface area contributed by atoms with Gasteiger partial charge in [0.2, 0.25) is 0 Å². The summed E-state index contributed by atoms with van der Waals surface area (Å²) < 4.78 is 0. The number of hydrogen-bond acceptors (Lipinski definition) is 3. The third kappa shape index (κ3) is 3.62. The van der Waals surface area contributed by atoms with Gasteiger partial charge in [-0.1, -0.05) is 0 Å². The quantitative estimate of drug-likeness (QED) is 0.658. The summed E-state index contributed by atoms with van der Waals surface area (Å²) in [5.74, 6) is 1.57. The Hall–Kier alpha value is -0.220. The first-order valence-corrected chi connectivity index (χ1v) is 4.97. The first-order chi connectivity index (χ1) is 5.29. The number of carbonyl (C=O) groups is 1. The number of hydrogen-bond donors (Lipinski definition) is 2. The van der Waals surface area contributed by atoms with Gasteiger partial charge in [0.1, 0.15) is 0 Å². The molecule has 4 heteroatoms. The Morgan fingerprint density at radius 2 is 2.18 bits per heavy atom. The Balaban J connectivity index is 2.09. The summed E-state index contributed by atoms with van der Waals surface area (Å²) in [5, 5.41) is 11.4. The number of carboxylic acids is 1. The van der Waals surface area contributed by atoms with Gasteiger partial charge in [-0.3, -0.25) is 4.79 Å². The highest BCUT2D eigenvalue weighted by molar-refractivity contribution is 7.99. The molecule has 1 aliphatic rings. The Bertz CT molecular complexity index is 134. The standard InChI is InChI=1S/C7H13NO2S/c9-7(10)5-8-6-1-3-11-4-2-6/h6,8H,1-5H2,(H,9,10). The predicted octanol–water partition coefficient (Wildman–Crippen LogP) is 0.556. The highest BCUT2D eigenvalue weighted by Crippen LogP contribution is 2.16. The van der Waals surface area contributed by atoms with E-state index < -0.39 is 5.97 Å². The molecule has 0 aromatic carbocycles. The molecule has 0 aromatic heterocycles. The predicted molar refractivity (Wildman–Crippen MR) is 46.0 cm³/mol. The van der Waals surface area contributed by atoms with E-state index in [1.807, 2.05) is 11.8 Å². The Morgan fingerprint density at radius 1 is 1.55 bits per heavy atom. The van der Waals surface area contributed by atoms with Crippen molar-refractivity contribution in [1.82, 2.24) is 5.32 Å². The molecule has 0 unspecified atom stereocenters. The molecule has 0 radical (unpaired) electrons. The van der Waals surface area contributed by atoms with Crippen molar-refractivity contribution in [3.05, 3.63) is 0 Å². The summed E-state index contributed by atoms with van der Waals surface area (Å²) in [5.41, 5.74) is 0. The van der Waals surface area contributed by atoms with Crippen LogP contribution in [-0.2, 0) is 4.79 Å². The summed E-state index contributed by atoms with van der Waals surface area (Å²) in [6, 6.07) is 0.437. The van der Waals surface area contributed by atoms with Crippen molar-refractivity contribution in [1.29, 1.82) is 0 Å². The van der Waals surface area contributed by atoms with Crippen LogP contribution in [0.2, 0.25) is 0 Å². The third-order valence-electron chi connectivity index (χ3n) is 1.76. The van der Waals surface area contributed by atoms with Gasteiger partial charge in [-0.25, -0.2) is 0 Å². The molecule has 11 heavy (non-hydrogen) atoms. The van der Waals surface area contributed by atoms with Crippen LogP contribution in [-0.4, -0.2) is 35.2 Å². The van der Waals surface area contributed by atoms with Crippen molar-refractivity contribution in [2.75, 3.05) is 18.1 Å². The summed E-state index contributed by atoms with van der Waals surface area (Å²) >= 11 is 1.95. The summed E-state index contributed by atoms with van der Waals surface area (Å²) in [7, 11) is 0. The largest absolute Gasteiger partial charge is 0.480 e. The zero-order valence-corrected chi connectivity index (χ0v) is 7.19. The molecule has 0 bridgehead atoms. The van der Waals surface area contributed by atoms with E-state index in [1.165, 1.54) is 0 Å². The molecule has 3 nitrogen and oxygen atoms in total. The van der Waals surface area contributed by atoms with Crippen molar-refractivity contribution in [3.8, 4) is 0 Å². The molecule has 0 atom stereocenters. The average Bonchev–Trinajstić information content (AvgIpc) is 2.03. The minimum Gasteiger partial charge on any atom is -0.480 e. The molecule has 1 rings (SSSR count). The first-order valence-electron chi connectivity index (χ1n) is 3.82. The molecule has 1 heterocycles. The molecule has 0 aliphatic carbocycles. The summed E-state index contributed by atoms with van der Waals surface area (Å²) in [4.78, 5) is 10.2. The lowest BCUT2D eigenvalue weighted by atomic mass is 10.1. The molecular weight excluding hydrogens is 162 g/mol. The highest BCUT2D eigenvalue weighted by Gasteiger charge is 2.13. The number of nitrogens with one attached hydrogen (secondary N) is 1. The van der Waals surface area contributed by atoms with E-state index in [9.17, 15) is 4.79 Å². The van der Waals surface area contributed by atoms with Crippen LogP contribution < -0.4 is 5.32 Å². The maximum absolute atomic E-state index is 10.2. The number of rotatable bonds is 3. The number of thioether (sulfide) groups is 1. The third-order valence-corrected chi connectivity index (χ3v) is 2.81. The fraction of sp³-hybridized carbons (Fsp3) is 0.857. The van der Waals surface area contributed by atoms with Gasteiger partial charge < -0.3 is 10.4 Å². The molecule has 1 saturated heterocycles. The first kappa shape index (κ1) is 8.87. The molecule has 0 aromatic rings. The molecule has 0 amide bonds. The van der Waals surface area contributed by atoms with E-state index in [4.69, 9.17) is 5.11 Å². The lowest BCUT2D eigenvalue weighted by Gasteiger charge is -2.21. The minimum absolute atomic E-state index is 0.106. The van der Waals surface area contributed by atoms with Crippen LogP contribution in [0.15, 0.2) is 0 Å². The van der Waals surface area contributed by atoms with Crippen LogP contribution in [0.25, 0.3) is 0 Å². The maximum atomic E-state index is 10.2. The highest BCUT2D eigenvalue weighted by atomic mass is 32.2. The Kier molecular flexibility index (Phi) is 3.72. The zero-order chi connectivity index (χ0) is 8.10. The zero-order valence-electron chi connectivity index (χ0n) is 6.38. The molecule has 0 saturated carbocycles. The molecular formula is C7H13NO2S. The fourth-order valence-electron chi connectivity index (χ4n) is 1.13. The van der Waals surface area contributed by atoms with E-state index in [1.54, 1.807) is 0 Å². The van der Waals surface area contributed by atoms with Gasteiger partial charge in [0.15, 0.2) is 0 Å². The second-order valence-electron chi connectivity index (χ2n) is 2.66. The molecule has 0 spiro atoms. The van der Waals surface area contributed by atoms with Crippen LogP contribution in [0.1, 0.15) is 12.8 Å². The molecule has 2 N–H and O–H groups in total. The summed E-state index contributed by atoms with van der Waals surface area (Å²) in [6.45, 7) is 0.106. The second kappa shape index (κ2) is 4.62. The topological polar surface area (TPSA) is 49.3 Å². The van der Waals surface area contributed by atoms with Gasteiger partial charge >= 0.3 is 5.97 Å². The van der Waals surface area contributed by atoms with E-state index in [-0.39, 0.29) is 6.54 Å². The SMILES string of the molecule is O=C(O)CNC1CCSCC1. The average molecular weight is 175 g/mol. The van der Waals surface area contributed by atoms with E-state index in [0.717, 1.165) is 24.3 Å². The van der Waals surface area contributed by atoms with Gasteiger partial charge in [-0.15, -0.1) is 0 Å². The van der Waals surface area contributed by atoms with Crippen LogP contribution in [0.4, 0.5) is 0 Å². The van der Waals surface area contributed by atoms with Crippen LogP contribution in [0.3, 0.4) is 0 Å². The Morgan fingerprint density at radius 3 is 2.73 bits per heavy atom. The maximum Gasteiger partial charge on any atom is 0.317 e. The van der Waals surface area contributed by atoms with Gasteiger partial charge in [-0.2, -0.15) is 11.8 Å². The van der Waals surface area contributed by atoms with Crippen LogP contribution >= 0.6 is 11.8 Å². The van der Waals surface area contributed by atoms with Crippen LogP contribution in [0, 0.1) is 0 Å². The minimum atomic E-state index is -0.761. The van der Waals surface area contributed by atoms with E-state index in [0.29, 0.717) is 6.04 Å². The fourth-order valence-corrected chi connectivity index (χ4v) is 2.24. The van der Waals surface area contributed by atoms with Gasteiger partial charge in [0.05, 0.1) is 6.54 Å². The molecule has 64 valence electrons. The van der Waals surface area contributed by atoms with Crippen molar-refractivity contribution < 1.29 is 9.90 Å². The summed E-state index contributed by atoms with van der Waals surface area (Å²) in [6.07, 6.45) is 2.22. The van der Waals surface area contributed by atoms with Crippen molar-refractivity contribution in [2.24, 2.45) is 0 Å². The van der Waals surface area contributed by atoms with Gasteiger partial charge in [0.25, 0.3) is 0 Å². The smallest absolute Gasteiger partial charge is 0.317 e. The second-order valence-corrected chi connectivity index (χ2v) is 3.89. The molecule has 1 fully saturated rings.